The van der Waals surface area contributed by atoms with Gasteiger partial charge in [0.1, 0.15) is 11.6 Å². The van der Waals surface area contributed by atoms with E-state index in [1.807, 2.05) is 60.7 Å². The van der Waals surface area contributed by atoms with Crippen LogP contribution in [0.25, 0.3) is 90.4 Å². The Morgan fingerprint density at radius 3 is 1.18 bits per heavy atom. The number of fused-ring (bicyclic) bond motifs is 2. The standard InChI is InChI=1S/C47H33N9/c1-30-11-15-32(16-12-30)43-52-44(33-17-13-31(2)14-18-33)54-45(53-43)36-27-37(55-41-9-5-3-7-39(41)50-46(55)34-19-23-48-24-20-34)29-38(28-36)56-42-10-6-4-8-40(42)51-47(56)35-21-25-49-26-22-35/h3-29H,1-2H3. The van der Waals surface area contributed by atoms with Crippen LogP contribution in [-0.2, 0) is 0 Å². The van der Waals surface area contributed by atoms with E-state index in [2.05, 4.69) is 112 Å². The lowest BCUT2D eigenvalue weighted by Crippen LogP contribution is -2.05. The van der Waals surface area contributed by atoms with Crippen molar-refractivity contribution in [3.63, 3.8) is 0 Å². The second-order valence-electron chi connectivity index (χ2n) is 13.8. The Balaban J connectivity index is 1.29. The molecule has 266 valence electrons. The molecule has 0 aliphatic carbocycles. The summed E-state index contributed by atoms with van der Waals surface area (Å²) in [4.78, 5) is 34.3. The smallest absolute Gasteiger partial charge is 0.164 e. The molecule has 0 saturated heterocycles. The lowest BCUT2D eigenvalue weighted by atomic mass is 10.1. The minimum absolute atomic E-state index is 0.541. The molecule has 10 aromatic rings. The van der Waals surface area contributed by atoms with Crippen molar-refractivity contribution in [1.29, 1.82) is 0 Å². The van der Waals surface area contributed by atoms with Crippen LogP contribution in [0.1, 0.15) is 11.1 Å². The van der Waals surface area contributed by atoms with Crippen LogP contribution in [0, 0.1) is 13.8 Å². The predicted octanol–water partition coefficient (Wildman–Crippen LogP) is 10.3. The van der Waals surface area contributed by atoms with Crippen molar-refractivity contribution in [2.45, 2.75) is 13.8 Å². The number of rotatable bonds is 7. The van der Waals surface area contributed by atoms with Gasteiger partial charge in [0.05, 0.1) is 33.4 Å². The van der Waals surface area contributed by atoms with Gasteiger partial charge in [0.25, 0.3) is 0 Å². The van der Waals surface area contributed by atoms with Crippen LogP contribution < -0.4 is 0 Å². The van der Waals surface area contributed by atoms with Gasteiger partial charge in [0.2, 0.25) is 0 Å². The lowest BCUT2D eigenvalue weighted by molar-refractivity contribution is 1.05. The average Bonchev–Trinajstić information content (AvgIpc) is 3.84. The summed E-state index contributed by atoms with van der Waals surface area (Å²) in [6.45, 7) is 4.15. The number of nitrogens with zero attached hydrogens (tertiary/aromatic N) is 9. The minimum Gasteiger partial charge on any atom is -0.292 e. The number of benzene rings is 5. The number of aryl methyl sites for hydroxylation is 2. The van der Waals surface area contributed by atoms with E-state index in [1.165, 1.54) is 0 Å². The number of pyridine rings is 2. The zero-order valence-corrected chi connectivity index (χ0v) is 30.6. The fraction of sp³-hybridized carbons (Fsp3) is 0.0426. The highest BCUT2D eigenvalue weighted by Gasteiger charge is 2.21. The van der Waals surface area contributed by atoms with Crippen molar-refractivity contribution in [2.24, 2.45) is 0 Å². The van der Waals surface area contributed by atoms with Crippen molar-refractivity contribution in [2.75, 3.05) is 0 Å². The van der Waals surface area contributed by atoms with E-state index in [9.17, 15) is 0 Å². The van der Waals surface area contributed by atoms with Crippen molar-refractivity contribution in [1.82, 2.24) is 44.0 Å². The molecule has 5 heterocycles. The normalized spacial score (nSPS) is 11.4. The molecule has 0 bridgehead atoms. The molecule has 0 N–H and O–H groups in total. The first-order valence-electron chi connectivity index (χ1n) is 18.4. The summed E-state index contributed by atoms with van der Waals surface area (Å²) in [6.07, 6.45) is 7.18. The molecular formula is C47H33N9. The molecule has 0 amide bonds. The molecule has 5 aromatic heterocycles. The summed E-state index contributed by atoms with van der Waals surface area (Å²) in [7, 11) is 0. The maximum atomic E-state index is 5.19. The van der Waals surface area contributed by atoms with Gasteiger partial charge >= 0.3 is 0 Å². The quantitative estimate of drug-likeness (QED) is 0.161. The van der Waals surface area contributed by atoms with E-state index >= 15 is 0 Å². The van der Waals surface area contributed by atoms with Gasteiger partial charge < -0.3 is 0 Å². The van der Waals surface area contributed by atoms with Gasteiger partial charge in [-0.15, -0.1) is 0 Å². The Kier molecular flexibility index (Phi) is 8.03. The second kappa shape index (κ2) is 13.6. The fourth-order valence-electron chi connectivity index (χ4n) is 7.11. The van der Waals surface area contributed by atoms with E-state index in [0.717, 1.165) is 84.0 Å². The molecule has 56 heavy (non-hydrogen) atoms. The van der Waals surface area contributed by atoms with Crippen LogP contribution in [0.2, 0.25) is 0 Å². The van der Waals surface area contributed by atoms with Gasteiger partial charge in [-0.3, -0.25) is 19.1 Å². The van der Waals surface area contributed by atoms with Gasteiger partial charge in [0, 0.05) is 52.6 Å². The summed E-state index contributed by atoms with van der Waals surface area (Å²) in [5.41, 5.74) is 12.3. The first-order valence-corrected chi connectivity index (χ1v) is 18.4. The lowest BCUT2D eigenvalue weighted by Gasteiger charge is -2.17. The first kappa shape index (κ1) is 33.0. The van der Waals surface area contributed by atoms with Crippen LogP contribution in [-0.4, -0.2) is 44.0 Å². The molecular weight excluding hydrogens is 691 g/mol. The first-order chi connectivity index (χ1) is 27.6. The van der Waals surface area contributed by atoms with Crippen LogP contribution in [0.15, 0.2) is 164 Å². The molecule has 0 fully saturated rings. The molecule has 0 saturated carbocycles. The van der Waals surface area contributed by atoms with Crippen molar-refractivity contribution in [3.05, 3.63) is 175 Å². The van der Waals surface area contributed by atoms with E-state index in [1.54, 1.807) is 24.8 Å². The Morgan fingerprint density at radius 2 is 0.750 bits per heavy atom. The average molecular weight is 724 g/mol. The fourth-order valence-corrected chi connectivity index (χ4v) is 7.11. The minimum atomic E-state index is 0.541. The molecule has 9 nitrogen and oxygen atoms in total. The molecule has 5 aromatic carbocycles. The highest BCUT2D eigenvalue weighted by Crippen LogP contribution is 2.36. The molecule has 0 aliphatic rings. The Bertz CT molecular complexity index is 2820. The van der Waals surface area contributed by atoms with Crippen LogP contribution in [0.4, 0.5) is 0 Å². The van der Waals surface area contributed by atoms with Crippen molar-refractivity contribution < 1.29 is 0 Å². The summed E-state index contributed by atoms with van der Waals surface area (Å²) in [5.74, 6) is 3.30. The summed E-state index contributed by atoms with van der Waals surface area (Å²) < 4.78 is 4.40. The van der Waals surface area contributed by atoms with Gasteiger partial charge in [-0.2, -0.15) is 0 Å². The van der Waals surface area contributed by atoms with Crippen LogP contribution in [0.3, 0.4) is 0 Å². The summed E-state index contributed by atoms with van der Waals surface area (Å²) in [6, 6.07) is 47.4. The molecule has 0 aliphatic heterocycles. The van der Waals surface area contributed by atoms with Gasteiger partial charge in [-0.1, -0.05) is 83.9 Å². The van der Waals surface area contributed by atoms with Crippen LogP contribution >= 0.6 is 0 Å². The molecule has 0 spiro atoms. The molecule has 0 atom stereocenters. The highest BCUT2D eigenvalue weighted by molar-refractivity contribution is 5.86. The third kappa shape index (κ3) is 5.97. The van der Waals surface area contributed by atoms with Gasteiger partial charge in [0.15, 0.2) is 17.5 Å². The molecule has 0 unspecified atom stereocenters. The van der Waals surface area contributed by atoms with E-state index in [-0.39, 0.29) is 0 Å². The Hall–Kier alpha value is -7.65. The zero-order chi connectivity index (χ0) is 37.6. The van der Waals surface area contributed by atoms with Gasteiger partial charge in [-0.25, -0.2) is 24.9 Å². The number of para-hydroxylation sites is 4. The largest absolute Gasteiger partial charge is 0.292 e. The van der Waals surface area contributed by atoms with Crippen molar-refractivity contribution >= 4 is 22.1 Å². The van der Waals surface area contributed by atoms with E-state index < -0.39 is 0 Å². The highest BCUT2D eigenvalue weighted by atomic mass is 15.1. The Labute approximate surface area is 322 Å². The second-order valence-corrected chi connectivity index (χ2v) is 13.8. The monoisotopic (exact) mass is 723 g/mol. The number of imidazole rings is 2. The maximum absolute atomic E-state index is 5.19. The zero-order valence-electron chi connectivity index (χ0n) is 30.6. The predicted molar refractivity (Wildman–Crippen MR) is 221 cm³/mol. The number of hydrogen-bond donors (Lipinski definition) is 0. The summed E-state index contributed by atoms with van der Waals surface area (Å²) in [5, 5.41) is 0. The third-order valence-electron chi connectivity index (χ3n) is 9.93. The van der Waals surface area contributed by atoms with Crippen molar-refractivity contribution in [3.8, 4) is 68.3 Å². The molecule has 0 radical (unpaired) electrons. The third-order valence-corrected chi connectivity index (χ3v) is 9.93. The molecule has 10 rings (SSSR count). The summed E-state index contributed by atoms with van der Waals surface area (Å²) >= 11 is 0. The number of hydrogen-bond acceptors (Lipinski definition) is 7. The number of aromatic nitrogens is 9. The SMILES string of the molecule is Cc1ccc(-c2nc(-c3ccc(C)cc3)nc(-c3cc(-n4c(-c5ccncc5)nc5ccccc54)cc(-n4c(-c5ccncc5)nc5ccccc54)c3)n2)cc1. The van der Waals surface area contributed by atoms with Gasteiger partial charge in [-0.05, 0) is 80.6 Å². The van der Waals surface area contributed by atoms with Crippen LogP contribution in [0.5, 0.6) is 0 Å². The molecule has 9 heteroatoms. The topological polar surface area (TPSA) is 100 Å². The maximum Gasteiger partial charge on any atom is 0.164 e. The Morgan fingerprint density at radius 1 is 0.357 bits per heavy atom. The van der Waals surface area contributed by atoms with E-state index in [0.29, 0.717) is 17.5 Å². The van der Waals surface area contributed by atoms with E-state index in [4.69, 9.17) is 24.9 Å².